The monoisotopic (exact) mass is 358 g/mol. The number of amides is 2. The van der Waals surface area contributed by atoms with Crippen LogP contribution in [0.5, 0.6) is 0 Å². The maximum Gasteiger partial charge on any atom is 0.251 e. The van der Waals surface area contributed by atoms with Gasteiger partial charge in [0.1, 0.15) is 0 Å². The number of nitrogens with one attached hydrogen (secondary N) is 2. The number of nitrogens with two attached hydrogens (primary N) is 2. The molecule has 0 atom stereocenters. The fourth-order valence-electron chi connectivity index (χ4n) is 1.90. The first-order valence-electron chi connectivity index (χ1n) is 8.24. The van der Waals surface area contributed by atoms with E-state index in [-0.39, 0.29) is 11.8 Å². The highest BCUT2D eigenvalue weighted by Gasteiger charge is 2.03. The Balaban J connectivity index is 0.000000263. The molecule has 26 heavy (non-hydrogen) atoms. The highest BCUT2D eigenvalue weighted by atomic mass is 16.5. The third-order valence-corrected chi connectivity index (χ3v) is 3.27. The van der Waals surface area contributed by atoms with E-state index in [0.717, 1.165) is 0 Å². The van der Waals surface area contributed by atoms with Crippen molar-refractivity contribution in [3.63, 3.8) is 0 Å². The second-order valence-electron chi connectivity index (χ2n) is 5.35. The molecule has 2 aromatic rings. The topological polar surface area (TPSA) is 119 Å². The molecule has 6 N–H and O–H groups in total. The fourth-order valence-corrected chi connectivity index (χ4v) is 1.90. The fraction of sp³-hybridized carbons (Fsp3) is 0.263. The summed E-state index contributed by atoms with van der Waals surface area (Å²) < 4.78 is 4.81. The van der Waals surface area contributed by atoms with Gasteiger partial charge in [-0.05, 0) is 55.5 Å². The van der Waals surface area contributed by atoms with E-state index in [9.17, 15) is 9.59 Å². The van der Waals surface area contributed by atoms with Crippen LogP contribution in [-0.2, 0) is 4.74 Å². The van der Waals surface area contributed by atoms with E-state index < -0.39 is 0 Å². The summed E-state index contributed by atoms with van der Waals surface area (Å²) in [4.78, 5) is 22.6. The molecule has 0 aliphatic carbocycles. The van der Waals surface area contributed by atoms with Crippen LogP contribution in [-0.4, -0.2) is 38.6 Å². The zero-order chi connectivity index (χ0) is 19.4. The van der Waals surface area contributed by atoms with Gasteiger partial charge in [0.15, 0.2) is 0 Å². The number of methoxy groups -OCH3 is 1. The summed E-state index contributed by atoms with van der Waals surface area (Å²) in [5, 5.41) is 5.42. The maximum absolute atomic E-state index is 11.4. The summed E-state index contributed by atoms with van der Waals surface area (Å²) in [5.74, 6) is -0.167. The van der Waals surface area contributed by atoms with Gasteiger partial charge in [0, 0.05) is 42.7 Å². The summed E-state index contributed by atoms with van der Waals surface area (Å²) in [7, 11) is 1.59. The van der Waals surface area contributed by atoms with Crippen molar-refractivity contribution in [2.24, 2.45) is 0 Å². The molecule has 0 aliphatic heterocycles. The zero-order valence-corrected chi connectivity index (χ0v) is 15.1. The third-order valence-electron chi connectivity index (χ3n) is 3.27. The average Bonchev–Trinajstić information content (AvgIpc) is 2.64. The number of hydrogen-bond acceptors (Lipinski definition) is 5. The molecule has 0 aromatic heterocycles. The molecule has 0 aliphatic rings. The van der Waals surface area contributed by atoms with E-state index in [4.69, 9.17) is 16.2 Å². The van der Waals surface area contributed by atoms with Crippen LogP contribution in [0.15, 0.2) is 48.5 Å². The summed E-state index contributed by atoms with van der Waals surface area (Å²) in [6, 6.07) is 13.6. The lowest BCUT2D eigenvalue weighted by Crippen LogP contribution is -2.26. The quantitative estimate of drug-likeness (QED) is 0.462. The van der Waals surface area contributed by atoms with Gasteiger partial charge in [0.2, 0.25) is 0 Å². The largest absolute Gasteiger partial charge is 0.399 e. The van der Waals surface area contributed by atoms with Crippen LogP contribution in [0.4, 0.5) is 11.4 Å². The molecule has 140 valence electrons. The van der Waals surface area contributed by atoms with Crippen LogP contribution in [0.3, 0.4) is 0 Å². The van der Waals surface area contributed by atoms with Crippen LogP contribution in [0.2, 0.25) is 0 Å². The smallest absolute Gasteiger partial charge is 0.251 e. The van der Waals surface area contributed by atoms with Crippen molar-refractivity contribution in [1.29, 1.82) is 0 Å². The van der Waals surface area contributed by atoms with Gasteiger partial charge in [-0.1, -0.05) is 0 Å². The molecule has 0 spiro atoms. The molecule has 2 amide bonds. The van der Waals surface area contributed by atoms with Crippen molar-refractivity contribution in [2.75, 3.05) is 38.3 Å². The van der Waals surface area contributed by atoms with Crippen molar-refractivity contribution in [3.8, 4) is 0 Å². The standard InChI is InChI=1S/C10H14N2O2.C9H12N2O/c1-14-7-6-12-10(13)8-2-4-9(11)5-3-8;1-2-11-9(12)7-3-5-8(10)6-4-7/h2-5H,6-7,11H2,1H3,(H,12,13);3-6H,2,10H2,1H3,(H,11,12). The lowest BCUT2D eigenvalue weighted by Gasteiger charge is -2.04. The van der Waals surface area contributed by atoms with Crippen LogP contribution >= 0.6 is 0 Å². The third kappa shape index (κ3) is 7.67. The van der Waals surface area contributed by atoms with Crippen LogP contribution in [0, 0.1) is 0 Å². The number of carbonyl (C=O) groups excluding carboxylic acids is 2. The Kier molecular flexibility index (Phi) is 9.27. The molecule has 0 heterocycles. The first-order valence-corrected chi connectivity index (χ1v) is 8.24. The minimum Gasteiger partial charge on any atom is -0.399 e. The lowest BCUT2D eigenvalue weighted by atomic mass is 10.2. The minimum atomic E-state index is -0.109. The Morgan fingerprint density at radius 2 is 1.27 bits per heavy atom. The Labute approximate surface area is 153 Å². The highest BCUT2D eigenvalue weighted by Crippen LogP contribution is 2.05. The second-order valence-corrected chi connectivity index (χ2v) is 5.35. The molecule has 0 fully saturated rings. The van der Waals surface area contributed by atoms with Crippen molar-refractivity contribution < 1.29 is 14.3 Å². The molecule has 0 unspecified atom stereocenters. The SMILES string of the molecule is CCNC(=O)c1ccc(N)cc1.COCCNC(=O)c1ccc(N)cc1. The van der Waals surface area contributed by atoms with E-state index in [2.05, 4.69) is 10.6 Å². The number of hydrogen-bond donors (Lipinski definition) is 4. The predicted molar refractivity (Wildman–Crippen MR) is 104 cm³/mol. The predicted octanol–water partition coefficient (Wildman–Crippen LogP) is 1.66. The van der Waals surface area contributed by atoms with E-state index in [1.165, 1.54) is 0 Å². The number of anilines is 2. The summed E-state index contributed by atoms with van der Waals surface area (Å²) in [6.45, 7) is 3.55. The van der Waals surface area contributed by atoms with Gasteiger partial charge in [-0.15, -0.1) is 0 Å². The Morgan fingerprint density at radius 1 is 0.846 bits per heavy atom. The molecular weight excluding hydrogens is 332 g/mol. The van der Waals surface area contributed by atoms with Crippen molar-refractivity contribution >= 4 is 23.2 Å². The number of benzene rings is 2. The Bertz CT molecular complexity index is 685. The first kappa shape index (κ1) is 21.0. The number of nitrogen functional groups attached to an aromatic ring is 2. The van der Waals surface area contributed by atoms with Crippen molar-refractivity contribution in [3.05, 3.63) is 59.7 Å². The second kappa shape index (κ2) is 11.5. The zero-order valence-electron chi connectivity index (χ0n) is 15.1. The van der Waals surface area contributed by atoms with Gasteiger partial charge in [0.05, 0.1) is 6.61 Å². The van der Waals surface area contributed by atoms with Gasteiger partial charge >= 0.3 is 0 Å². The van der Waals surface area contributed by atoms with E-state index >= 15 is 0 Å². The van der Waals surface area contributed by atoms with Gasteiger partial charge in [0.25, 0.3) is 11.8 Å². The number of ether oxygens (including phenoxy) is 1. The molecule has 0 radical (unpaired) electrons. The van der Waals surface area contributed by atoms with Crippen LogP contribution in [0.1, 0.15) is 27.6 Å². The molecule has 0 saturated heterocycles. The summed E-state index contributed by atoms with van der Waals surface area (Å²) >= 11 is 0. The summed E-state index contributed by atoms with van der Waals surface area (Å²) in [5.41, 5.74) is 13.5. The van der Waals surface area contributed by atoms with Gasteiger partial charge in [-0.3, -0.25) is 9.59 Å². The highest BCUT2D eigenvalue weighted by molar-refractivity contribution is 5.94. The van der Waals surface area contributed by atoms with Crippen molar-refractivity contribution in [1.82, 2.24) is 10.6 Å². The maximum atomic E-state index is 11.4. The first-order chi connectivity index (χ1) is 12.5. The minimum absolute atomic E-state index is 0.0579. The van der Waals surface area contributed by atoms with Crippen LogP contribution in [0.25, 0.3) is 0 Å². The molecule has 7 nitrogen and oxygen atoms in total. The molecule has 0 saturated carbocycles. The lowest BCUT2D eigenvalue weighted by molar-refractivity contribution is 0.0934. The number of carbonyl (C=O) groups is 2. The van der Waals surface area contributed by atoms with E-state index in [1.807, 2.05) is 6.92 Å². The number of rotatable bonds is 6. The molecule has 0 bridgehead atoms. The van der Waals surface area contributed by atoms with Crippen molar-refractivity contribution in [2.45, 2.75) is 6.92 Å². The van der Waals surface area contributed by atoms with Gasteiger partial charge in [-0.2, -0.15) is 0 Å². The average molecular weight is 358 g/mol. The van der Waals surface area contributed by atoms with Gasteiger partial charge in [-0.25, -0.2) is 0 Å². The Morgan fingerprint density at radius 3 is 1.65 bits per heavy atom. The van der Waals surface area contributed by atoms with Crippen LogP contribution < -0.4 is 22.1 Å². The normalized spacial score (nSPS) is 9.62. The molecular formula is C19H26N4O3. The van der Waals surface area contributed by atoms with E-state index in [1.54, 1.807) is 55.6 Å². The molecule has 7 heteroatoms. The molecule has 2 aromatic carbocycles. The van der Waals surface area contributed by atoms with Gasteiger partial charge < -0.3 is 26.8 Å². The summed E-state index contributed by atoms with van der Waals surface area (Å²) in [6.07, 6.45) is 0. The Hall–Kier alpha value is -3.06. The molecule has 2 rings (SSSR count). The van der Waals surface area contributed by atoms with E-state index in [0.29, 0.717) is 42.2 Å².